The summed E-state index contributed by atoms with van der Waals surface area (Å²) in [5.41, 5.74) is 0.195. The van der Waals surface area contributed by atoms with E-state index in [1.807, 2.05) is 13.8 Å². The minimum Gasteiger partial charge on any atom is -0.497 e. The highest BCUT2D eigenvalue weighted by atomic mass is 16.5. The maximum atomic E-state index is 13.0. The van der Waals surface area contributed by atoms with Gasteiger partial charge in [0, 0.05) is 17.3 Å². The van der Waals surface area contributed by atoms with Gasteiger partial charge in [-0.1, -0.05) is 0 Å². The normalized spacial score (nSPS) is 14.5. The molecule has 0 bridgehead atoms. The topological polar surface area (TPSA) is 97.0 Å². The molecule has 8 nitrogen and oxygen atoms in total. The highest BCUT2D eigenvalue weighted by Gasteiger charge is 2.41. The van der Waals surface area contributed by atoms with Crippen molar-refractivity contribution in [2.24, 2.45) is 0 Å². The van der Waals surface area contributed by atoms with E-state index in [9.17, 15) is 14.4 Å². The fourth-order valence-electron chi connectivity index (χ4n) is 3.23. The Bertz CT molecular complexity index is 999. The predicted octanol–water partition coefficient (Wildman–Crippen LogP) is 2.98. The quantitative estimate of drug-likeness (QED) is 0.742. The third-order valence-corrected chi connectivity index (χ3v) is 4.73. The van der Waals surface area contributed by atoms with E-state index in [0.29, 0.717) is 28.4 Å². The van der Waals surface area contributed by atoms with E-state index >= 15 is 0 Å². The lowest BCUT2D eigenvalue weighted by Gasteiger charge is -2.38. The first kappa shape index (κ1) is 22.1. The maximum Gasteiger partial charge on any atom is 0.271 e. The number of hydrogen-bond donors (Lipinski definition) is 2. The highest BCUT2D eigenvalue weighted by Crippen LogP contribution is 2.38. The molecule has 0 aliphatic carbocycles. The van der Waals surface area contributed by atoms with Crippen molar-refractivity contribution in [3.8, 4) is 11.5 Å². The Labute approximate surface area is 181 Å². The number of benzene rings is 2. The largest absolute Gasteiger partial charge is 0.497 e. The van der Waals surface area contributed by atoms with Crippen LogP contribution in [-0.4, -0.2) is 43.0 Å². The molecule has 0 spiro atoms. The second-order valence-electron chi connectivity index (χ2n) is 8.09. The molecule has 31 heavy (non-hydrogen) atoms. The van der Waals surface area contributed by atoms with E-state index in [1.165, 1.54) is 4.90 Å². The summed E-state index contributed by atoms with van der Waals surface area (Å²) in [4.78, 5) is 39.5. The van der Waals surface area contributed by atoms with Gasteiger partial charge in [0.25, 0.3) is 11.8 Å². The van der Waals surface area contributed by atoms with Crippen molar-refractivity contribution >= 4 is 29.1 Å². The molecule has 0 fully saturated rings. The second-order valence-corrected chi connectivity index (χ2v) is 8.09. The number of nitrogens with one attached hydrogen (secondary N) is 2. The van der Waals surface area contributed by atoms with Crippen molar-refractivity contribution in [1.82, 2.24) is 5.32 Å². The molecule has 8 heteroatoms. The number of hydrogen-bond acceptors (Lipinski definition) is 5. The van der Waals surface area contributed by atoms with Crippen molar-refractivity contribution in [3.05, 3.63) is 48.0 Å². The number of amides is 3. The summed E-state index contributed by atoms with van der Waals surface area (Å²) in [6.07, 6.45) is 0. The Kier molecular flexibility index (Phi) is 6.19. The molecule has 2 aromatic rings. The van der Waals surface area contributed by atoms with Gasteiger partial charge < -0.3 is 20.1 Å². The number of carbonyl (C=O) groups is 3. The zero-order chi connectivity index (χ0) is 22.8. The van der Waals surface area contributed by atoms with E-state index in [4.69, 9.17) is 9.47 Å². The van der Waals surface area contributed by atoms with Crippen LogP contribution in [0.15, 0.2) is 42.5 Å². The van der Waals surface area contributed by atoms with Gasteiger partial charge in [0.1, 0.15) is 18.0 Å². The molecular weight excluding hydrogens is 398 g/mol. The third kappa shape index (κ3) is 4.96. The number of nitrogens with zero attached hydrogens (tertiary/aromatic N) is 1. The van der Waals surface area contributed by atoms with Crippen LogP contribution < -0.4 is 25.0 Å². The van der Waals surface area contributed by atoms with Crippen molar-refractivity contribution in [1.29, 1.82) is 0 Å². The SMILES string of the molecule is COc1ccc(NC(=O)CN2C(=O)C(C)(C)Oc3ccc(C(=O)NC(C)C)cc32)cc1. The number of carbonyl (C=O) groups excluding carboxylic acids is 3. The first-order valence-corrected chi connectivity index (χ1v) is 10.0. The molecule has 1 aliphatic heterocycles. The summed E-state index contributed by atoms with van der Waals surface area (Å²) in [7, 11) is 1.56. The van der Waals surface area contributed by atoms with Crippen LogP contribution in [-0.2, 0) is 9.59 Å². The molecule has 0 atom stereocenters. The van der Waals surface area contributed by atoms with Crippen LogP contribution in [0.3, 0.4) is 0 Å². The van der Waals surface area contributed by atoms with E-state index in [2.05, 4.69) is 10.6 Å². The molecular formula is C23H27N3O5. The molecule has 0 saturated carbocycles. The molecule has 2 N–H and O–H groups in total. The first-order chi connectivity index (χ1) is 14.6. The van der Waals surface area contributed by atoms with Gasteiger partial charge in [-0.05, 0) is 70.2 Å². The Hall–Kier alpha value is -3.55. The van der Waals surface area contributed by atoms with Crippen LogP contribution in [0.2, 0.25) is 0 Å². The summed E-state index contributed by atoms with van der Waals surface area (Å²) in [6.45, 7) is 6.79. The van der Waals surface area contributed by atoms with Crippen LogP contribution in [0.1, 0.15) is 38.1 Å². The van der Waals surface area contributed by atoms with Gasteiger partial charge in [-0.2, -0.15) is 0 Å². The monoisotopic (exact) mass is 425 g/mol. The van der Waals surface area contributed by atoms with Crippen LogP contribution in [0, 0.1) is 0 Å². The molecule has 0 radical (unpaired) electrons. The average molecular weight is 425 g/mol. The van der Waals surface area contributed by atoms with Crippen molar-refractivity contribution < 1.29 is 23.9 Å². The van der Waals surface area contributed by atoms with Crippen LogP contribution in [0.5, 0.6) is 11.5 Å². The molecule has 0 unspecified atom stereocenters. The Morgan fingerprint density at radius 1 is 1.13 bits per heavy atom. The van der Waals surface area contributed by atoms with Gasteiger partial charge in [-0.3, -0.25) is 19.3 Å². The van der Waals surface area contributed by atoms with E-state index in [-0.39, 0.29) is 30.3 Å². The molecule has 0 aromatic heterocycles. The maximum absolute atomic E-state index is 13.0. The third-order valence-electron chi connectivity index (χ3n) is 4.73. The highest BCUT2D eigenvalue weighted by molar-refractivity contribution is 6.08. The molecule has 3 amide bonds. The summed E-state index contributed by atoms with van der Waals surface area (Å²) in [5.74, 6) is 0.0930. The van der Waals surface area contributed by atoms with Crippen molar-refractivity contribution in [2.75, 3.05) is 23.9 Å². The van der Waals surface area contributed by atoms with E-state index in [0.717, 1.165) is 0 Å². The molecule has 0 saturated heterocycles. The average Bonchev–Trinajstić information content (AvgIpc) is 2.71. The van der Waals surface area contributed by atoms with Gasteiger partial charge in [0.05, 0.1) is 12.8 Å². The van der Waals surface area contributed by atoms with Gasteiger partial charge in [-0.15, -0.1) is 0 Å². The lowest BCUT2D eigenvalue weighted by atomic mass is 10.0. The minimum atomic E-state index is -1.14. The van der Waals surface area contributed by atoms with E-state index in [1.54, 1.807) is 63.4 Å². The van der Waals surface area contributed by atoms with Gasteiger partial charge in [0.15, 0.2) is 5.60 Å². The summed E-state index contributed by atoms with van der Waals surface area (Å²) in [5, 5.41) is 5.59. The van der Waals surface area contributed by atoms with E-state index < -0.39 is 5.60 Å². The molecule has 164 valence electrons. The number of fused-ring (bicyclic) bond motifs is 1. The predicted molar refractivity (Wildman–Crippen MR) is 118 cm³/mol. The number of anilines is 2. The zero-order valence-electron chi connectivity index (χ0n) is 18.3. The fourth-order valence-corrected chi connectivity index (χ4v) is 3.23. The van der Waals surface area contributed by atoms with Crippen molar-refractivity contribution in [2.45, 2.75) is 39.3 Å². The molecule has 1 heterocycles. The zero-order valence-corrected chi connectivity index (χ0v) is 18.3. The van der Waals surface area contributed by atoms with Gasteiger partial charge in [0.2, 0.25) is 5.91 Å². The molecule has 3 rings (SSSR count). The van der Waals surface area contributed by atoms with Crippen molar-refractivity contribution in [3.63, 3.8) is 0 Å². The Balaban J connectivity index is 1.86. The standard InChI is InChI=1S/C23H27N3O5/c1-14(2)24-21(28)15-6-11-19-18(12-15)26(22(29)23(3,4)31-19)13-20(27)25-16-7-9-17(30-5)10-8-16/h6-12,14H,13H2,1-5H3,(H,24,28)(H,25,27). The van der Waals surface area contributed by atoms with Crippen LogP contribution >= 0.6 is 0 Å². The van der Waals surface area contributed by atoms with Crippen LogP contribution in [0.25, 0.3) is 0 Å². The lowest BCUT2D eigenvalue weighted by Crippen LogP contribution is -2.54. The minimum absolute atomic E-state index is 0.0354. The Morgan fingerprint density at radius 3 is 2.42 bits per heavy atom. The summed E-state index contributed by atoms with van der Waals surface area (Å²) < 4.78 is 10.9. The molecule has 2 aromatic carbocycles. The summed E-state index contributed by atoms with van der Waals surface area (Å²) >= 11 is 0. The number of methoxy groups -OCH3 is 1. The van der Waals surface area contributed by atoms with Gasteiger partial charge in [-0.25, -0.2) is 0 Å². The second kappa shape index (κ2) is 8.67. The fraction of sp³-hybridized carbons (Fsp3) is 0.348. The smallest absolute Gasteiger partial charge is 0.271 e. The lowest BCUT2D eigenvalue weighted by molar-refractivity contribution is -0.133. The first-order valence-electron chi connectivity index (χ1n) is 10.0. The molecule has 1 aliphatic rings. The summed E-state index contributed by atoms with van der Waals surface area (Å²) in [6, 6.07) is 11.7. The Morgan fingerprint density at radius 2 is 1.81 bits per heavy atom. The number of rotatable bonds is 6. The van der Waals surface area contributed by atoms with Gasteiger partial charge >= 0.3 is 0 Å². The van der Waals surface area contributed by atoms with Crippen LogP contribution in [0.4, 0.5) is 11.4 Å². The number of ether oxygens (including phenoxy) is 2.